The van der Waals surface area contributed by atoms with Crippen LogP contribution in [0, 0.1) is 0 Å². The van der Waals surface area contributed by atoms with Gasteiger partial charge >= 0.3 is 6.03 Å². The van der Waals surface area contributed by atoms with Crippen molar-refractivity contribution in [1.82, 2.24) is 5.43 Å². The number of carbonyl (C=O) groups excluding carboxylic acids is 2. The van der Waals surface area contributed by atoms with E-state index in [4.69, 9.17) is 5.73 Å². The molecular weight excluding hydrogens is 206 g/mol. The minimum Gasteiger partial charge on any atom is -0.350 e. The Bertz CT molecular complexity index is 439. The van der Waals surface area contributed by atoms with Gasteiger partial charge < -0.3 is 5.73 Å². The van der Waals surface area contributed by atoms with Crippen molar-refractivity contribution in [1.29, 1.82) is 0 Å². The molecular formula is C11H11N3O2. The molecule has 0 unspecified atom stereocenters. The molecule has 0 saturated carbocycles. The van der Waals surface area contributed by atoms with Gasteiger partial charge in [0.05, 0.1) is 0 Å². The number of nitrogens with one attached hydrogen (secondary N) is 1. The van der Waals surface area contributed by atoms with Crippen LogP contribution in [-0.4, -0.2) is 18.5 Å². The van der Waals surface area contributed by atoms with Crippen molar-refractivity contribution in [3.05, 3.63) is 41.5 Å². The van der Waals surface area contributed by atoms with Gasteiger partial charge in [0, 0.05) is 11.8 Å². The molecule has 2 amide bonds. The number of primary amides is 1. The second-order valence-electron chi connectivity index (χ2n) is 2.86. The fourth-order valence-corrected chi connectivity index (χ4v) is 1.06. The number of aldehydes is 1. The van der Waals surface area contributed by atoms with E-state index in [1.165, 1.54) is 6.21 Å². The molecule has 0 radical (unpaired) electrons. The lowest BCUT2D eigenvalue weighted by Crippen LogP contribution is -2.24. The Balaban J connectivity index is 2.65. The van der Waals surface area contributed by atoms with E-state index in [9.17, 15) is 9.59 Å². The summed E-state index contributed by atoms with van der Waals surface area (Å²) in [5.74, 6) is 0. The van der Waals surface area contributed by atoms with Crippen LogP contribution in [0.1, 0.15) is 15.9 Å². The van der Waals surface area contributed by atoms with Crippen molar-refractivity contribution in [2.75, 3.05) is 0 Å². The first-order valence-electron chi connectivity index (χ1n) is 4.53. The minimum absolute atomic E-state index is 0.593. The van der Waals surface area contributed by atoms with E-state index >= 15 is 0 Å². The van der Waals surface area contributed by atoms with Crippen LogP contribution in [0.4, 0.5) is 4.79 Å². The normalized spacial score (nSPS) is 10.8. The van der Waals surface area contributed by atoms with Crippen LogP contribution in [-0.2, 0) is 0 Å². The maximum Gasteiger partial charge on any atom is 0.332 e. The molecule has 0 aliphatic carbocycles. The highest BCUT2D eigenvalue weighted by Crippen LogP contribution is 2.07. The third-order valence-corrected chi connectivity index (χ3v) is 1.73. The van der Waals surface area contributed by atoms with Crippen LogP contribution in [0.2, 0.25) is 0 Å². The van der Waals surface area contributed by atoms with E-state index in [1.54, 1.807) is 30.4 Å². The molecule has 1 aromatic rings. The Morgan fingerprint density at radius 2 is 2.00 bits per heavy atom. The maximum atomic E-state index is 10.7. The average Bonchev–Trinajstić information content (AvgIpc) is 2.29. The van der Waals surface area contributed by atoms with Crippen molar-refractivity contribution in [3.63, 3.8) is 0 Å². The number of allylic oxidation sites excluding steroid dienone is 1. The summed E-state index contributed by atoms with van der Waals surface area (Å²) < 4.78 is 0. The number of amides is 2. The zero-order valence-corrected chi connectivity index (χ0v) is 8.46. The number of hydrogen-bond donors (Lipinski definition) is 2. The van der Waals surface area contributed by atoms with Gasteiger partial charge in [0.15, 0.2) is 6.29 Å². The molecule has 0 atom stereocenters. The number of carbonyl (C=O) groups is 2. The Kier molecular flexibility index (Phi) is 4.46. The topological polar surface area (TPSA) is 84.6 Å². The fraction of sp³-hybridized carbons (Fsp3) is 0. The van der Waals surface area contributed by atoms with Crippen molar-refractivity contribution in [2.45, 2.75) is 0 Å². The standard InChI is InChI=1S/C11H11N3O2/c12-11(16)14-13-7-3-6-9-4-1-2-5-10(9)8-15/h1-8H,(H3,12,14,16)/b6-3-,13-7+. The summed E-state index contributed by atoms with van der Waals surface area (Å²) in [4.78, 5) is 20.9. The largest absolute Gasteiger partial charge is 0.350 e. The summed E-state index contributed by atoms with van der Waals surface area (Å²) in [7, 11) is 0. The number of urea groups is 1. The summed E-state index contributed by atoms with van der Waals surface area (Å²) in [6.45, 7) is 0. The van der Waals surface area contributed by atoms with Crippen LogP contribution >= 0.6 is 0 Å². The van der Waals surface area contributed by atoms with Crippen LogP contribution in [0.25, 0.3) is 6.08 Å². The zero-order valence-electron chi connectivity index (χ0n) is 8.46. The molecule has 0 fully saturated rings. The summed E-state index contributed by atoms with van der Waals surface area (Å²) in [5.41, 5.74) is 8.22. The van der Waals surface area contributed by atoms with E-state index in [0.717, 1.165) is 11.8 Å². The molecule has 0 aliphatic heterocycles. The first kappa shape index (κ1) is 11.6. The van der Waals surface area contributed by atoms with E-state index in [0.29, 0.717) is 5.56 Å². The first-order valence-corrected chi connectivity index (χ1v) is 4.53. The molecule has 0 heterocycles. The molecule has 0 aromatic heterocycles. The molecule has 16 heavy (non-hydrogen) atoms. The van der Waals surface area contributed by atoms with Gasteiger partial charge in [-0.2, -0.15) is 5.10 Å². The molecule has 5 nitrogen and oxygen atoms in total. The van der Waals surface area contributed by atoms with Gasteiger partial charge in [0.25, 0.3) is 0 Å². The number of benzene rings is 1. The van der Waals surface area contributed by atoms with Crippen molar-refractivity contribution >= 4 is 24.6 Å². The van der Waals surface area contributed by atoms with Gasteiger partial charge in [-0.05, 0) is 11.6 Å². The van der Waals surface area contributed by atoms with Gasteiger partial charge in [0.2, 0.25) is 0 Å². The summed E-state index contributed by atoms with van der Waals surface area (Å²) >= 11 is 0. The second kappa shape index (κ2) is 6.13. The predicted octanol–water partition coefficient (Wildman–Crippen LogP) is 1.17. The highest BCUT2D eigenvalue weighted by atomic mass is 16.2. The fourth-order valence-electron chi connectivity index (χ4n) is 1.06. The lowest BCUT2D eigenvalue weighted by Gasteiger charge is -1.95. The second-order valence-corrected chi connectivity index (χ2v) is 2.86. The molecule has 5 heteroatoms. The average molecular weight is 217 g/mol. The third-order valence-electron chi connectivity index (χ3n) is 1.73. The van der Waals surface area contributed by atoms with E-state index in [-0.39, 0.29) is 0 Å². The van der Waals surface area contributed by atoms with Gasteiger partial charge in [-0.3, -0.25) is 4.79 Å². The van der Waals surface area contributed by atoms with E-state index in [2.05, 4.69) is 5.10 Å². The van der Waals surface area contributed by atoms with Crippen molar-refractivity contribution in [2.24, 2.45) is 10.8 Å². The Hall–Kier alpha value is -2.43. The van der Waals surface area contributed by atoms with Gasteiger partial charge in [-0.25, -0.2) is 10.2 Å². The zero-order chi connectivity index (χ0) is 11.8. The lowest BCUT2D eigenvalue weighted by molar-refractivity contribution is 0.112. The molecule has 0 bridgehead atoms. The maximum absolute atomic E-state index is 10.7. The quantitative estimate of drug-likeness (QED) is 0.450. The number of nitrogens with two attached hydrogens (primary N) is 1. The number of hydrazone groups is 1. The molecule has 1 aromatic carbocycles. The monoisotopic (exact) mass is 217 g/mol. The number of rotatable bonds is 4. The van der Waals surface area contributed by atoms with Crippen molar-refractivity contribution in [3.8, 4) is 0 Å². The highest BCUT2D eigenvalue weighted by molar-refractivity contribution is 5.86. The summed E-state index contributed by atoms with van der Waals surface area (Å²) in [6.07, 6.45) is 5.44. The first-order chi connectivity index (χ1) is 7.74. The van der Waals surface area contributed by atoms with Crippen LogP contribution in [0.5, 0.6) is 0 Å². The molecule has 3 N–H and O–H groups in total. The molecule has 0 spiro atoms. The lowest BCUT2D eigenvalue weighted by atomic mass is 10.1. The van der Waals surface area contributed by atoms with Crippen molar-refractivity contribution < 1.29 is 9.59 Å². The highest BCUT2D eigenvalue weighted by Gasteiger charge is 1.94. The minimum atomic E-state index is -0.724. The van der Waals surface area contributed by atoms with Gasteiger partial charge in [0.1, 0.15) is 0 Å². The predicted molar refractivity (Wildman–Crippen MR) is 62.1 cm³/mol. The summed E-state index contributed by atoms with van der Waals surface area (Å²) in [5, 5.41) is 3.52. The van der Waals surface area contributed by atoms with Gasteiger partial charge in [-0.15, -0.1) is 0 Å². The Labute approximate surface area is 92.6 Å². The SMILES string of the molecule is NC(=O)N/N=C/C=C\c1ccccc1C=O. The number of nitrogens with zero attached hydrogens (tertiary/aromatic N) is 1. The molecule has 1 rings (SSSR count). The van der Waals surface area contributed by atoms with Crippen LogP contribution < -0.4 is 11.2 Å². The van der Waals surface area contributed by atoms with E-state index < -0.39 is 6.03 Å². The van der Waals surface area contributed by atoms with Crippen LogP contribution in [0.15, 0.2) is 35.4 Å². The molecule has 82 valence electrons. The molecule has 0 aliphatic rings. The smallest absolute Gasteiger partial charge is 0.332 e. The Morgan fingerprint density at radius 3 is 2.62 bits per heavy atom. The van der Waals surface area contributed by atoms with Gasteiger partial charge in [-0.1, -0.05) is 30.3 Å². The van der Waals surface area contributed by atoms with E-state index in [1.807, 2.05) is 11.5 Å². The molecule has 0 saturated heterocycles. The third kappa shape index (κ3) is 3.75. The Morgan fingerprint density at radius 1 is 1.31 bits per heavy atom. The summed E-state index contributed by atoms with van der Waals surface area (Å²) in [6, 6.07) is 6.40. The van der Waals surface area contributed by atoms with Crippen LogP contribution in [0.3, 0.4) is 0 Å². The number of hydrogen-bond acceptors (Lipinski definition) is 3.